The van der Waals surface area contributed by atoms with Crippen LogP contribution in [0.4, 0.5) is 0 Å². The van der Waals surface area contributed by atoms with Gasteiger partial charge in [-0.05, 0) is 17.5 Å². The SMILES string of the molecule is CC(C)(C)CNC(=O)c1cc(S(N)(=O)=O)cc(Cl)c1Cl. The van der Waals surface area contributed by atoms with E-state index in [0.717, 1.165) is 12.1 Å². The van der Waals surface area contributed by atoms with Gasteiger partial charge in [-0.2, -0.15) is 0 Å². The summed E-state index contributed by atoms with van der Waals surface area (Å²) < 4.78 is 22.7. The molecule has 8 heteroatoms. The van der Waals surface area contributed by atoms with Crippen LogP contribution in [0.3, 0.4) is 0 Å². The number of sulfonamides is 1. The lowest BCUT2D eigenvalue weighted by molar-refractivity contribution is 0.0939. The van der Waals surface area contributed by atoms with Gasteiger partial charge >= 0.3 is 0 Å². The van der Waals surface area contributed by atoms with E-state index in [1.165, 1.54) is 0 Å². The van der Waals surface area contributed by atoms with Gasteiger partial charge in [0.15, 0.2) is 0 Å². The molecule has 0 aliphatic carbocycles. The van der Waals surface area contributed by atoms with Gasteiger partial charge < -0.3 is 5.32 Å². The summed E-state index contributed by atoms with van der Waals surface area (Å²) in [6.45, 7) is 6.24. The summed E-state index contributed by atoms with van der Waals surface area (Å²) in [5, 5.41) is 7.64. The van der Waals surface area contributed by atoms with Gasteiger partial charge in [-0.1, -0.05) is 44.0 Å². The number of primary sulfonamides is 1. The monoisotopic (exact) mass is 338 g/mol. The van der Waals surface area contributed by atoms with E-state index < -0.39 is 15.9 Å². The van der Waals surface area contributed by atoms with Crippen molar-refractivity contribution in [2.24, 2.45) is 10.6 Å². The number of benzene rings is 1. The molecule has 0 saturated heterocycles. The summed E-state index contributed by atoms with van der Waals surface area (Å²) in [4.78, 5) is 11.8. The van der Waals surface area contributed by atoms with Crippen LogP contribution in [0.2, 0.25) is 10.0 Å². The molecule has 0 aliphatic heterocycles. The van der Waals surface area contributed by atoms with Crippen LogP contribution >= 0.6 is 23.2 Å². The minimum absolute atomic E-state index is 0.00882. The van der Waals surface area contributed by atoms with Gasteiger partial charge in [0.2, 0.25) is 10.0 Å². The molecule has 5 nitrogen and oxygen atoms in total. The first-order valence-electron chi connectivity index (χ1n) is 5.72. The molecule has 0 radical (unpaired) electrons. The third-order valence-electron chi connectivity index (χ3n) is 2.35. The summed E-state index contributed by atoms with van der Waals surface area (Å²) in [5.74, 6) is -0.502. The number of carbonyl (C=O) groups is 1. The van der Waals surface area contributed by atoms with Crippen LogP contribution in [0.1, 0.15) is 31.1 Å². The van der Waals surface area contributed by atoms with Crippen molar-refractivity contribution >= 4 is 39.1 Å². The van der Waals surface area contributed by atoms with E-state index in [-0.39, 0.29) is 25.9 Å². The third-order valence-corrected chi connectivity index (χ3v) is 4.05. The van der Waals surface area contributed by atoms with Crippen molar-refractivity contribution < 1.29 is 13.2 Å². The molecule has 0 spiro atoms. The second-order valence-corrected chi connectivity index (χ2v) is 7.90. The Morgan fingerprint density at radius 3 is 2.30 bits per heavy atom. The first kappa shape index (κ1) is 17.2. The Morgan fingerprint density at radius 2 is 1.85 bits per heavy atom. The minimum atomic E-state index is -3.96. The molecule has 0 aromatic heterocycles. The molecule has 1 aromatic rings. The second-order valence-electron chi connectivity index (χ2n) is 5.55. The molecule has 0 unspecified atom stereocenters. The fourth-order valence-corrected chi connectivity index (χ4v) is 2.38. The highest BCUT2D eigenvalue weighted by molar-refractivity contribution is 7.89. The highest BCUT2D eigenvalue weighted by Crippen LogP contribution is 2.29. The normalized spacial score (nSPS) is 12.3. The van der Waals surface area contributed by atoms with E-state index in [1.54, 1.807) is 0 Å². The maximum atomic E-state index is 12.1. The largest absolute Gasteiger partial charge is 0.351 e. The van der Waals surface area contributed by atoms with Crippen molar-refractivity contribution in [2.75, 3.05) is 6.54 Å². The second kappa shape index (κ2) is 5.89. The molecule has 112 valence electrons. The van der Waals surface area contributed by atoms with Crippen LogP contribution in [0, 0.1) is 5.41 Å². The number of halogens is 2. The van der Waals surface area contributed by atoms with E-state index in [1.807, 2.05) is 20.8 Å². The van der Waals surface area contributed by atoms with Gasteiger partial charge in [0.05, 0.1) is 20.5 Å². The maximum Gasteiger partial charge on any atom is 0.252 e. The molecule has 0 saturated carbocycles. The van der Waals surface area contributed by atoms with E-state index in [4.69, 9.17) is 28.3 Å². The Labute approximate surface area is 128 Å². The number of hydrogen-bond donors (Lipinski definition) is 2. The standard InChI is InChI=1S/C12H16Cl2N2O3S/c1-12(2,3)6-16-11(17)8-4-7(20(15,18)19)5-9(13)10(8)14/h4-5H,6H2,1-3H3,(H,16,17)(H2,15,18,19). The lowest BCUT2D eigenvalue weighted by Gasteiger charge is -2.19. The Hall–Kier alpha value is -0.820. The zero-order valence-corrected chi connectivity index (χ0v) is 13.7. The highest BCUT2D eigenvalue weighted by Gasteiger charge is 2.20. The van der Waals surface area contributed by atoms with E-state index in [0.29, 0.717) is 6.54 Å². The molecule has 1 rings (SSSR count). The van der Waals surface area contributed by atoms with E-state index in [9.17, 15) is 13.2 Å². The van der Waals surface area contributed by atoms with Crippen LogP contribution < -0.4 is 10.5 Å². The molecule has 1 amide bonds. The molecule has 0 aliphatic rings. The predicted octanol–water partition coefficient (Wildman–Crippen LogP) is 2.42. The first-order valence-corrected chi connectivity index (χ1v) is 8.02. The molecule has 0 bridgehead atoms. The molecule has 0 atom stereocenters. The summed E-state index contributed by atoms with van der Waals surface area (Å²) >= 11 is 11.8. The van der Waals surface area contributed by atoms with Crippen LogP contribution in [-0.4, -0.2) is 20.9 Å². The summed E-state index contributed by atoms with van der Waals surface area (Å²) in [6.07, 6.45) is 0. The lowest BCUT2D eigenvalue weighted by Crippen LogP contribution is -2.32. The van der Waals surface area contributed by atoms with E-state index >= 15 is 0 Å². The fourth-order valence-electron chi connectivity index (χ4n) is 1.33. The van der Waals surface area contributed by atoms with Crippen LogP contribution in [-0.2, 0) is 10.0 Å². The summed E-state index contributed by atoms with van der Waals surface area (Å²) in [7, 11) is -3.96. The zero-order valence-electron chi connectivity index (χ0n) is 11.3. The molecule has 1 aromatic carbocycles. The van der Waals surface area contributed by atoms with Gasteiger partial charge in [-0.25, -0.2) is 13.6 Å². The van der Waals surface area contributed by atoms with Gasteiger partial charge in [0.25, 0.3) is 5.91 Å². The number of nitrogens with two attached hydrogens (primary N) is 1. The number of amides is 1. The van der Waals surface area contributed by atoms with Crippen LogP contribution in [0.15, 0.2) is 17.0 Å². The highest BCUT2D eigenvalue weighted by atomic mass is 35.5. The molecular formula is C12H16Cl2N2O3S. The average molecular weight is 339 g/mol. The van der Waals surface area contributed by atoms with Crippen molar-refractivity contribution in [3.8, 4) is 0 Å². The summed E-state index contributed by atoms with van der Waals surface area (Å²) in [5.41, 5.74) is -0.142. The van der Waals surface area contributed by atoms with Gasteiger partial charge in [-0.15, -0.1) is 0 Å². The van der Waals surface area contributed by atoms with E-state index in [2.05, 4.69) is 5.32 Å². The number of nitrogens with one attached hydrogen (secondary N) is 1. The topological polar surface area (TPSA) is 89.3 Å². The Balaban J connectivity index is 3.18. The molecule has 20 heavy (non-hydrogen) atoms. The quantitative estimate of drug-likeness (QED) is 0.886. The number of rotatable bonds is 3. The van der Waals surface area contributed by atoms with Crippen LogP contribution in [0.5, 0.6) is 0 Å². The number of hydrogen-bond acceptors (Lipinski definition) is 3. The van der Waals surface area contributed by atoms with Crippen molar-refractivity contribution in [3.63, 3.8) is 0 Å². The predicted molar refractivity (Wildman–Crippen MR) is 79.6 cm³/mol. The third kappa shape index (κ3) is 4.63. The average Bonchev–Trinajstić information content (AvgIpc) is 2.27. The fraction of sp³-hybridized carbons (Fsp3) is 0.417. The molecule has 0 fully saturated rings. The van der Waals surface area contributed by atoms with Crippen molar-refractivity contribution in [1.82, 2.24) is 5.32 Å². The Morgan fingerprint density at radius 1 is 1.30 bits per heavy atom. The molecule has 3 N–H and O–H groups in total. The number of carbonyl (C=O) groups excluding carboxylic acids is 1. The van der Waals surface area contributed by atoms with Crippen molar-refractivity contribution in [1.29, 1.82) is 0 Å². The smallest absolute Gasteiger partial charge is 0.252 e. The maximum absolute atomic E-state index is 12.1. The van der Waals surface area contributed by atoms with Crippen molar-refractivity contribution in [2.45, 2.75) is 25.7 Å². The van der Waals surface area contributed by atoms with Crippen LogP contribution in [0.25, 0.3) is 0 Å². The molecular weight excluding hydrogens is 323 g/mol. The van der Waals surface area contributed by atoms with Crippen molar-refractivity contribution in [3.05, 3.63) is 27.7 Å². The Bertz CT molecular complexity index is 637. The first-order chi connectivity index (χ1) is 8.92. The van der Waals surface area contributed by atoms with Gasteiger partial charge in [0, 0.05) is 6.54 Å². The van der Waals surface area contributed by atoms with Gasteiger partial charge in [0.1, 0.15) is 0 Å². The lowest BCUT2D eigenvalue weighted by atomic mass is 9.97. The molecule has 0 heterocycles. The Kier molecular flexibility index (Phi) is 5.08. The zero-order chi connectivity index (χ0) is 15.7. The summed E-state index contributed by atoms with van der Waals surface area (Å²) in [6, 6.07) is 2.22. The van der Waals surface area contributed by atoms with Gasteiger partial charge in [-0.3, -0.25) is 4.79 Å². The minimum Gasteiger partial charge on any atom is -0.351 e.